The molecule has 0 aromatic carbocycles. The second-order valence-electron chi connectivity index (χ2n) is 5.42. The van der Waals surface area contributed by atoms with Gasteiger partial charge in [0.15, 0.2) is 0 Å². The Kier molecular flexibility index (Phi) is 2.92. The van der Waals surface area contributed by atoms with Crippen molar-refractivity contribution in [2.75, 3.05) is 6.54 Å². The van der Waals surface area contributed by atoms with E-state index in [9.17, 15) is 0 Å². The zero-order valence-electron chi connectivity index (χ0n) is 9.73. The van der Waals surface area contributed by atoms with Gasteiger partial charge in [0.05, 0.1) is 0 Å². The minimum atomic E-state index is 0.959. The molecule has 0 saturated heterocycles. The first kappa shape index (κ1) is 10.3. The molecule has 0 spiro atoms. The van der Waals surface area contributed by atoms with Crippen LogP contribution in [0.1, 0.15) is 31.2 Å². The number of nitrogens with zero attached hydrogens (tertiary/aromatic N) is 1. The summed E-state index contributed by atoms with van der Waals surface area (Å²) < 4.78 is 0. The van der Waals surface area contributed by atoms with Crippen molar-refractivity contribution in [2.45, 2.75) is 32.2 Å². The lowest BCUT2D eigenvalue weighted by atomic mass is 9.89. The Morgan fingerprint density at radius 2 is 2.06 bits per heavy atom. The predicted octanol–water partition coefficient (Wildman–Crippen LogP) is 2.61. The lowest BCUT2D eigenvalue weighted by Crippen LogP contribution is -2.26. The van der Waals surface area contributed by atoms with E-state index in [1.807, 2.05) is 12.4 Å². The fourth-order valence-corrected chi connectivity index (χ4v) is 3.53. The van der Waals surface area contributed by atoms with E-state index in [-0.39, 0.29) is 0 Å². The van der Waals surface area contributed by atoms with Gasteiger partial charge in [-0.1, -0.05) is 6.42 Å². The van der Waals surface area contributed by atoms with Crippen molar-refractivity contribution in [1.82, 2.24) is 10.3 Å². The first-order valence-corrected chi connectivity index (χ1v) is 6.51. The summed E-state index contributed by atoms with van der Waals surface area (Å²) in [7, 11) is 0. The fraction of sp³-hybridized carbons (Fsp3) is 0.643. The summed E-state index contributed by atoms with van der Waals surface area (Å²) in [5, 5.41) is 3.60. The molecule has 2 nitrogen and oxygen atoms in total. The Hall–Kier alpha value is -0.890. The largest absolute Gasteiger partial charge is 0.312 e. The van der Waals surface area contributed by atoms with Crippen molar-refractivity contribution < 1.29 is 0 Å². The molecule has 2 heteroatoms. The topological polar surface area (TPSA) is 24.9 Å². The van der Waals surface area contributed by atoms with Gasteiger partial charge < -0.3 is 5.32 Å². The van der Waals surface area contributed by atoms with Gasteiger partial charge in [-0.25, -0.2) is 0 Å². The number of rotatable bonds is 4. The van der Waals surface area contributed by atoms with E-state index in [4.69, 9.17) is 0 Å². The third-order valence-electron chi connectivity index (χ3n) is 4.37. The summed E-state index contributed by atoms with van der Waals surface area (Å²) >= 11 is 0. The third kappa shape index (κ3) is 2.12. The SMILES string of the molecule is c1cc(CNCC2CC3CCC2C3)ccn1. The van der Waals surface area contributed by atoms with Crippen LogP contribution >= 0.6 is 0 Å². The van der Waals surface area contributed by atoms with Crippen LogP contribution in [0.2, 0.25) is 0 Å². The van der Waals surface area contributed by atoms with Crippen LogP contribution in [0, 0.1) is 17.8 Å². The fourth-order valence-electron chi connectivity index (χ4n) is 3.53. The van der Waals surface area contributed by atoms with Gasteiger partial charge in [0.2, 0.25) is 0 Å². The lowest BCUT2D eigenvalue weighted by Gasteiger charge is -2.21. The molecule has 2 bridgehead atoms. The molecule has 0 amide bonds. The standard InChI is InChI=1S/C14H20N2/c1-2-13-7-12(1)8-14(13)10-16-9-11-3-5-15-6-4-11/h3-6,12-14,16H,1-2,7-10H2. The Bertz CT molecular complexity index is 336. The Labute approximate surface area is 97.5 Å². The highest BCUT2D eigenvalue weighted by atomic mass is 14.9. The van der Waals surface area contributed by atoms with Gasteiger partial charge in [-0.2, -0.15) is 0 Å². The van der Waals surface area contributed by atoms with Crippen molar-refractivity contribution in [2.24, 2.45) is 17.8 Å². The van der Waals surface area contributed by atoms with Gasteiger partial charge in [0.25, 0.3) is 0 Å². The van der Waals surface area contributed by atoms with Crippen molar-refractivity contribution in [1.29, 1.82) is 0 Å². The Morgan fingerprint density at radius 3 is 2.75 bits per heavy atom. The number of fused-ring (bicyclic) bond motifs is 2. The number of hydrogen-bond donors (Lipinski definition) is 1. The van der Waals surface area contributed by atoms with Gasteiger partial charge in [0.1, 0.15) is 0 Å². The summed E-state index contributed by atoms with van der Waals surface area (Å²) in [4.78, 5) is 4.03. The molecule has 3 rings (SSSR count). The number of nitrogens with one attached hydrogen (secondary N) is 1. The highest BCUT2D eigenvalue weighted by Crippen LogP contribution is 2.47. The molecule has 2 fully saturated rings. The average molecular weight is 216 g/mol. The molecule has 1 N–H and O–H groups in total. The van der Waals surface area contributed by atoms with Crippen molar-refractivity contribution in [3.05, 3.63) is 30.1 Å². The Morgan fingerprint density at radius 1 is 1.19 bits per heavy atom. The van der Waals surface area contributed by atoms with Gasteiger partial charge >= 0.3 is 0 Å². The minimum absolute atomic E-state index is 0.959. The molecule has 1 aromatic rings. The van der Waals surface area contributed by atoms with E-state index in [1.165, 1.54) is 37.8 Å². The maximum atomic E-state index is 4.03. The van der Waals surface area contributed by atoms with Gasteiger partial charge in [-0.05, 0) is 61.3 Å². The molecule has 86 valence electrons. The van der Waals surface area contributed by atoms with Crippen LogP contribution in [0.5, 0.6) is 0 Å². The second-order valence-corrected chi connectivity index (χ2v) is 5.42. The molecule has 3 atom stereocenters. The predicted molar refractivity (Wildman–Crippen MR) is 64.9 cm³/mol. The summed E-state index contributed by atoms with van der Waals surface area (Å²) in [6.45, 7) is 2.21. The van der Waals surface area contributed by atoms with Crippen LogP contribution < -0.4 is 5.32 Å². The molecule has 16 heavy (non-hydrogen) atoms. The number of pyridine rings is 1. The first-order valence-electron chi connectivity index (χ1n) is 6.51. The van der Waals surface area contributed by atoms with E-state index in [2.05, 4.69) is 22.4 Å². The molecule has 1 heterocycles. The molecule has 3 unspecified atom stereocenters. The second kappa shape index (κ2) is 4.54. The monoisotopic (exact) mass is 216 g/mol. The normalized spacial score (nSPS) is 32.1. The molecule has 2 aliphatic rings. The van der Waals surface area contributed by atoms with Crippen molar-refractivity contribution in [3.8, 4) is 0 Å². The van der Waals surface area contributed by atoms with Gasteiger partial charge in [-0.15, -0.1) is 0 Å². The number of aromatic nitrogens is 1. The molecular formula is C14H20N2. The van der Waals surface area contributed by atoms with Gasteiger partial charge in [-0.3, -0.25) is 4.98 Å². The average Bonchev–Trinajstić information content (AvgIpc) is 2.92. The van der Waals surface area contributed by atoms with Crippen LogP contribution in [0.3, 0.4) is 0 Å². The molecule has 0 radical (unpaired) electrons. The highest BCUT2D eigenvalue weighted by molar-refractivity contribution is 5.09. The quantitative estimate of drug-likeness (QED) is 0.837. The van der Waals surface area contributed by atoms with Crippen molar-refractivity contribution in [3.63, 3.8) is 0 Å². The van der Waals surface area contributed by atoms with Crippen LogP contribution in [0.25, 0.3) is 0 Å². The maximum absolute atomic E-state index is 4.03. The molecule has 2 saturated carbocycles. The zero-order valence-corrected chi connectivity index (χ0v) is 9.73. The van der Waals surface area contributed by atoms with Gasteiger partial charge in [0, 0.05) is 18.9 Å². The van der Waals surface area contributed by atoms with E-state index in [1.54, 1.807) is 0 Å². The Balaban J connectivity index is 1.44. The highest BCUT2D eigenvalue weighted by Gasteiger charge is 2.38. The van der Waals surface area contributed by atoms with Crippen LogP contribution in [0.15, 0.2) is 24.5 Å². The first-order chi connectivity index (χ1) is 7.92. The summed E-state index contributed by atoms with van der Waals surface area (Å²) in [6.07, 6.45) is 9.73. The van der Waals surface area contributed by atoms with E-state index >= 15 is 0 Å². The summed E-state index contributed by atoms with van der Waals surface area (Å²) in [5.74, 6) is 3.06. The minimum Gasteiger partial charge on any atom is -0.312 e. The summed E-state index contributed by atoms with van der Waals surface area (Å²) in [6, 6.07) is 4.18. The lowest BCUT2D eigenvalue weighted by molar-refractivity contribution is 0.318. The van der Waals surface area contributed by atoms with Crippen LogP contribution in [-0.2, 0) is 6.54 Å². The molecule has 2 aliphatic carbocycles. The molecular weight excluding hydrogens is 196 g/mol. The smallest absolute Gasteiger partial charge is 0.0271 e. The van der Waals surface area contributed by atoms with E-state index in [0.29, 0.717) is 0 Å². The summed E-state index contributed by atoms with van der Waals surface area (Å²) in [5.41, 5.74) is 1.35. The zero-order chi connectivity index (χ0) is 10.8. The third-order valence-corrected chi connectivity index (χ3v) is 4.37. The van der Waals surface area contributed by atoms with E-state index in [0.717, 1.165) is 24.3 Å². The van der Waals surface area contributed by atoms with Crippen LogP contribution in [0.4, 0.5) is 0 Å². The van der Waals surface area contributed by atoms with Crippen LogP contribution in [-0.4, -0.2) is 11.5 Å². The van der Waals surface area contributed by atoms with Crippen molar-refractivity contribution >= 4 is 0 Å². The molecule has 0 aliphatic heterocycles. The maximum Gasteiger partial charge on any atom is 0.0271 e. The van der Waals surface area contributed by atoms with E-state index < -0.39 is 0 Å². The number of hydrogen-bond acceptors (Lipinski definition) is 2. The molecule has 1 aromatic heterocycles.